The van der Waals surface area contributed by atoms with Gasteiger partial charge < -0.3 is 14.6 Å². The predicted molar refractivity (Wildman–Crippen MR) is 130 cm³/mol. The molecule has 1 amide bonds. The minimum Gasteiger partial charge on any atom is -0.396 e. The molecule has 0 saturated heterocycles. The van der Waals surface area contributed by atoms with Gasteiger partial charge in [-0.2, -0.15) is 13.2 Å². The van der Waals surface area contributed by atoms with Gasteiger partial charge in [-0.25, -0.2) is 0 Å². The summed E-state index contributed by atoms with van der Waals surface area (Å²) >= 11 is 6.04. The molecule has 0 bridgehead atoms. The van der Waals surface area contributed by atoms with Crippen LogP contribution < -0.4 is 0 Å². The molecule has 0 spiro atoms. The fraction of sp³-hybridized carbons (Fsp3) is 0.370. The SMILES string of the molecule is Cc1c(-c2ccc(Cl)cc2)c(C(=O)N(C)CC2(CO)CCC2)n(Cc2ccccc2)c1C(F)(F)F. The Morgan fingerprint density at radius 2 is 1.74 bits per heavy atom. The lowest BCUT2D eigenvalue weighted by Gasteiger charge is -2.42. The Bertz CT molecular complexity index is 1190. The second kappa shape index (κ2) is 9.70. The molecule has 0 atom stereocenters. The summed E-state index contributed by atoms with van der Waals surface area (Å²) in [5.74, 6) is -0.510. The molecule has 0 radical (unpaired) electrons. The highest BCUT2D eigenvalue weighted by Crippen LogP contribution is 2.44. The molecular weight excluding hydrogens is 477 g/mol. The Hall–Kier alpha value is -2.77. The van der Waals surface area contributed by atoms with E-state index in [1.54, 1.807) is 61.6 Å². The number of hydrogen-bond acceptors (Lipinski definition) is 2. The van der Waals surface area contributed by atoms with E-state index >= 15 is 0 Å². The first-order valence-electron chi connectivity index (χ1n) is 11.5. The van der Waals surface area contributed by atoms with Crippen molar-refractivity contribution in [2.45, 2.75) is 38.9 Å². The quantitative estimate of drug-likeness (QED) is 0.403. The molecule has 2 aromatic carbocycles. The summed E-state index contributed by atoms with van der Waals surface area (Å²) in [6, 6.07) is 15.3. The summed E-state index contributed by atoms with van der Waals surface area (Å²) in [5.41, 5.74) is 0.115. The summed E-state index contributed by atoms with van der Waals surface area (Å²) in [6.45, 7) is 1.52. The number of alkyl halides is 3. The van der Waals surface area contributed by atoms with Gasteiger partial charge in [0.05, 0.1) is 6.61 Å². The van der Waals surface area contributed by atoms with E-state index in [1.165, 1.54) is 11.8 Å². The minimum absolute atomic E-state index is 0.00646. The second-order valence-electron chi connectivity index (χ2n) is 9.45. The van der Waals surface area contributed by atoms with Crippen LogP contribution in [-0.4, -0.2) is 40.7 Å². The molecule has 1 aliphatic carbocycles. The van der Waals surface area contributed by atoms with E-state index in [0.717, 1.165) is 23.8 Å². The van der Waals surface area contributed by atoms with E-state index in [1.807, 2.05) is 0 Å². The van der Waals surface area contributed by atoms with Crippen LogP contribution in [0.1, 0.15) is 46.6 Å². The first-order chi connectivity index (χ1) is 16.6. The third-order valence-electron chi connectivity index (χ3n) is 6.96. The van der Waals surface area contributed by atoms with Crippen LogP contribution in [-0.2, 0) is 12.7 Å². The molecule has 186 valence electrons. The minimum atomic E-state index is -4.67. The van der Waals surface area contributed by atoms with Crippen molar-refractivity contribution in [2.24, 2.45) is 5.41 Å². The number of nitrogens with zero attached hydrogens (tertiary/aromatic N) is 2. The monoisotopic (exact) mass is 504 g/mol. The molecule has 3 aromatic rings. The number of carbonyl (C=O) groups is 1. The van der Waals surface area contributed by atoms with Crippen molar-refractivity contribution >= 4 is 17.5 Å². The normalized spacial score (nSPS) is 15.1. The summed E-state index contributed by atoms with van der Waals surface area (Å²) in [6.07, 6.45) is -2.15. The van der Waals surface area contributed by atoms with Gasteiger partial charge in [-0.05, 0) is 48.6 Å². The van der Waals surface area contributed by atoms with Gasteiger partial charge in [0.2, 0.25) is 0 Å². The molecule has 8 heteroatoms. The lowest BCUT2D eigenvalue weighted by atomic mass is 9.69. The number of carbonyl (C=O) groups excluding carboxylic acids is 1. The third-order valence-corrected chi connectivity index (χ3v) is 7.22. The Kier molecular flexibility index (Phi) is 7.02. The Balaban J connectivity index is 1.91. The number of hydrogen-bond donors (Lipinski definition) is 1. The van der Waals surface area contributed by atoms with Gasteiger partial charge in [0.1, 0.15) is 11.4 Å². The zero-order chi connectivity index (χ0) is 25.4. The summed E-state index contributed by atoms with van der Waals surface area (Å²) in [5, 5.41) is 10.3. The maximum atomic E-state index is 14.4. The summed E-state index contributed by atoms with van der Waals surface area (Å²) in [7, 11) is 1.59. The van der Waals surface area contributed by atoms with Gasteiger partial charge >= 0.3 is 6.18 Å². The van der Waals surface area contributed by atoms with Crippen molar-refractivity contribution in [3.8, 4) is 11.1 Å². The van der Waals surface area contributed by atoms with Crippen molar-refractivity contribution < 1.29 is 23.1 Å². The smallest absolute Gasteiger partial charge is 0.396 e. The highest BCUT2D eigenvalue weighted by atomic mass is 35.5. The number of halogens is 4. The fourth-order valence-corrected chi connectivity index (χ4v) is 5.15. The van der Waals surface area contributed by atoms with Crippen LogP contribution in [0.2, 0.25) is 5.02 Å². The number of aliphatic hydroxyl groups excluding tert-OH is 1. The number of rotatable bonds is 7. The molecule has 1 aliphatic rings. The van der Waals surface area contributed by atoms with Crippen LogP contribution in [0.5, 0.6) is 0 Å². The fourth-order valence-electron chi connectivity index (χ4n) is 5.03. The Morgan fingerprint density at radius 3 is 2.26 bits per heavy atom. The zero-order valence-corrected chi connectivity index (χ0v) is 20.5. The van der Waals surface area contributed by atoms with E-state index in [2.05, 4.69) is 0 Å². The molecule has 0 aliphatic heterocycles. The second-order valence-corrected chi connectivity index (χ2v) is 9.88. The molecule has 0 unspecified atom stereocenters. The Morgan fingerprint density at radius 1 is 1.11 bits per heavy atom. The van der Waals surface area contributed by atoms with E-state index in [0.29, 0.717) is 16.1 Å². The molecule has 1 aromatic heterocycles. The van der Waals surface area contributed by atoms with Crippen LogP contribution in [0, 0.1) is 12.3 Å². The van der Waals surface area contributed by atoms with Gasteiger partial charge in [0.25, 0.3) is 5.91 Å². The maximum absolute atomic E-state index is 14.4. The lowest BCUT2D eigenvalue weighted by molar-refractivity contribution is -0.143. The molecule has 1 fully saturated rings. The van der Waals surface area contributed by atoms with Crippen LogP contribution in [0.4, 0.5) is 13.2 Å². The van der Waals surface area contributed by atoms with Gasteiger partial charge in [0.15, 0.2) is 0 Å². The topological polar surface area (TPSA) is 45.5 Å². The van der Waals surface area contributed by atoms with Gasteiger partial charge in [0, 0.05) is 36.1 Å². The van der Waals surface area contributed by atoms with E-state index in [-0.39, 0.29) is 36.5 Å². The molecule has 1 N–H and O–H groups in total. The molecular formula is C27H28ClF3N2O2. The van der Waals surface area contributed by atoms with Crippen molar-refractivity contribution in [2.75, 3.05) is 20.2 Å². The van der Waals surface area contributed by atoms with E-state index in [4.69, 9.17) is 11.6 Å². The molecule has 1 heterocycles. The zero-order valence-electron chi connectivity index (χ0n) is 19.7. The first-order valence-corrected chi connectivity index (χ1v) is 11.9. The van der Waals surface area contributed by atoms with E-state index < -0.39 is 23.2 Å². The molecule has 4 nitrogen and oxygen atoms in total. The average Bonchev–Trinajstić information content (AvgIpc) is 3.08. The number of aliphatic hydroxyl groups is 1. The van der Waals surface area contributed by atoms with Crippen LogP contribution in [0.15, 0.2) is 54.6 Å². The van der Waals surface area contributed by atoms with Crippen LogP contribution in [0.25, 0.3) is 11.1 Å². The van der Waals surface area contributed by atoms with E-state index in [9.17, 15) is 23.1 Å². The van der Waals surface area contributed by atoms with Gasteiger partial charge in [-0.1, -0.05) is 60.5 Å². The molecule has 1 saturated carbocycles. The predicted octanol–water partition coefficient (Wildman–Crippen LogP) is 6.42. The number of aromatic nitrogens is 1. The maximum Gasteiger partial charge on any atom is 0.431 e. The molecule has 4 rings (SSSR count). The number of amides is 1. The highest BCUT2D eigenvalue weighted by molar-refractivity contribution is 6.30. The van der Waals surface area contributed by atoms with Crippen LogP contribution >= 0.6 is 11.6 Å². The van der Waals surface area contributed by atoms with Gasteiger partial charge in [-0.3, -0.25) is 4.79 Å². The average molecular weight is 505 g/mol. The lowest BCUT2D eigenvalue weighted by Crippen LogP contribution is -2.46. The summed E-state index contributed by atoms with van der Waals surface area (Å²) in [4.78, 5) is 15.3. The summed E-state index contributed by atoms with van der Waals surface area (Å²) < 4.78 is 44.4. The van der Waals surface area contributed by atoms with Crippen molar-refractivity contribution in [1.29, 1.82) is 0 Å². The van der Waals surface area contributed by atoms with Gasteiger partial charge in [-0.15, -0.1) is 0 Å². The van der Waals surface area contributed by atoms with Crippen molar-refractivity contribution in [3.63, 3.8) is 0 Å². The largest absolute Gasteiger partial charge is 0.431 e. The third kappa shape index (κ3) is 4.98. The highest BCUT2D eigenvalue weighted by Gasteiger charge is 2.43. The first kappa shape index (κ1) is 25.3. The standard InChI is InChI=1S/C27H28ClF3N2O2/c1-18-22(20-9-11-21(28)12-10-20)23(25(35)32(2)16-26(17-34)13-6-14-26)33(24(18)27(29,30)31)15-19-7-4-3-5-8-19/h3-5,7-12,34H,6,13-17H2,1-2H3. The molecule has 35 heavy (non-hydrogen) atoms. The Labute approximate surface area is 207 Å². The van der Waals surface area contributed by atoms with Crippen LogP contribution in [0.3, 0.4) is 0 Å². The number of benzene rings is 2. The van der Waals surface area contributed by atoms with Crippen molar-refractivity contribution in [1.82, 2.24) is 9.47 Å². The van der Waals surface area contributed by atoms with Crippen molar-refractivity contribution in [3.05, 3.63) is 82.1 Å².